The summed E-state index contributed by atoms with van der Waals surface area (Å²) in [7, 11) is 3.62. The average Bonchev–Trinajstić information content (AvgIpc) is 3.19. The first kappa shape index (κ1) is 19.2. The number of ether oxygens (including phenoxy) is 1. The van der Waals surface area contributed by atoms with Crippen molar-refractivity contribution in [1.29, 1.82) is 0 Å². The first-order chi connectivity index (χ1) is 12.2. The molecule has 0 radical (unpaired) electrons. The van der Waals surface area contributed by atoms with E-state index in [0.29, 0.717) is 18.0 Å². The van der Waals surface area contributed by atoms with Gasteiger partial charge >= 0.3 is 6.18 Å². The highest BCUT2D eigenvalue weighted by Gasteiger charge is 2.36. The predicted octanol–water partition coefficient (Wildman–Crippen LogP) is 4.97. The molecule has 0 amide bonds. The fraction of sp³-hybridized carbons (Fsp3) is 0.632. The molecule has 4 nitrogen and oxygen atoms in total. The minimum atomic E-state index is -4.48. The number of oxazole rings is 1. The van der Waals surface area contributed by atoms with Crippen LogP contribution in [0.25, 0.3) is 11.1 Å². The van der Waals surface area contributed by atoms with Crippen molar-refractivity contribution >= 4 is 11.1 Å². The Kier molecular flexibility index (Phi) is 5.30. The van der Waals surface area contributed by atoms with E-state index in [4.69, 9.17) is 9.15 Å². The van der Waals surface area contributed by atoms with E-state index in [1.807, 2.05) is 20.9 Å². The van der Waals surface area contributed by atoms with E-state index in [-0.39, 0.29) is 29.2 Å². The minimum absolute atomic E-state index is 0.0736. The van der Waals surface area contributed by atoms with Gasteiger partial charge in [-0.25, -0.2) is 4.98 Å². The second kappa shape index (κ2) is 7.19. The van der Waals surface area contributed by atoms with E-state index < -0.39 is 11.7 Å². The summed E-state index contributed by atoms with van der Waals surface area (Å²) in [5.74, 6) is 0.252. The number of nitrogens with zero attached hydrogens (tertiary/aromatic N) is 2. The van der Waals surface area contributed by atoms with Crippen molar-refractivity contribution in [3.63, 3.8) is 0 Å². The van der Waals surface area contributed by atoms with Gasteiger partial charge in [0.05, 0.1) is 6.10 Å². The molecule has 3 rings (SSSR count). The van der Waals surface area contributed by atoms with Crippen LogP contribution in [-0.4, -0.2) is 36.2 Å². The van der Waals surface area contributed by atoms with Crippen LogP contribution in [0.4, 0.5) is 13.2 Å². The van der Waals surface area contributed by atoms with Crippen molar-refractivity contribution in [2.45, 2.75) is 63.9 Å². The average molecular weight is 370 g/mol. The summed E-state index contributed by atoms with van der Waals surface area (Å²) in [6.07, 6.45) is -1.31. The Balaban J connectivity index is 1.95. The van der Waals surface area contributed by atoms with Crippen molar-refractivity contribution in [2.24, 2.45) is 0 Å². The molecule has 1 aromatic heterocycles. The second-order valence-corrected chi connectivity index (χ2v) is 7.38. The van der Waals surface area contributed by atoms with Crippen molar-refractivity contribution in [2.75, 3.05) is 14.2 Å². The summed E-state index contributed by atoms with van der Waals surface area (Å²) < 4.78 is 51.6. The van der Waals surface area contributed by atoms with Crippen molar-refractivity contribution in [3.05, 3.63) is 29.2 Å². The van der Waals surface area contributed by atoms with E-state index >= 15 is 0 Å². The maximum absolute atomic E-state index is 13.5. The van der Waals surface area contributed by atoms with Crippen LogP contribution < -0.4 is 0 Å². The fourth-order valence-electron chi connectivity index (χ4n) is 3.75. The molecule has 1 saturated carbocycles. The van der Waals surface area contributed by atoms with Gasteiger partial charge in [-0.05, 0) is 44.0 Å². The van der Waals surface area contributed by atoms with Gasteiger partial charge in [-0.15, -0.1) is 0 Å². The number of aromatic nitrogens is 1. The normalized spacial score (nSPS) is 21.4. The largest absolute Gasteiger partial charge is 0.440 e. The Morgan fingerprint density at radius 1 is 1.31 bits per heavy atom. The summed E-state index contributed by atoms with van der Waals surface area (Å²) >= 11 is 0. The monoisotopic (exact) mass is 370 g/mol. The zero-order chi connectivity index (χ0) is 19.1. The molecule has 26 heavy (non-hydrogen) atoms. The SMILES string of the molecule is CO[C@H]1CCC[C@@H]1N(C)Cc1cc(C(F)(F)F)c2oc(C(C)C)nc2c1. The van der Waals surface area contributed by atoms with Gasteiger partial charge in [-0.1, -0.05) is 13.8 Å². The van der Waals surface area contributed by atoms with E-state index in [0.717, 1.165) is 19.3 Å². The Morgan fingerprint density at radius 3 is 2.65 bits per heavy atom. The number of methoxy groups -OCH3 is 1. The van der Waals surface area contributed by atoms with Crippen LogP contribution in [0.5, 0.6) is 0 Å². The molecule has 1 aliphatic carbocycles. The third kappa shape index (κ3) is 3.74. The maximum atomic E-state index is 13.5. The Bertz CT molecular complexity index is 770. The van der Waals surface area contributed by atoms with Crippen LogP contribution >= 0.6 is 0 Å². The van der Waals surface area contributed by atoms with Gasteiger partial charge in [0.15, 0.2) is 11.5 Å². The van der Waals surface area contributed by atoms with Crippen LogP contribution in [0, 0.1) is 0 Å². The molecule has 2 atom stereocenters. The summed E-state index contributed by atoms with van der Waals surface area (Å²) in [6, 6.07) is 3.10. The zero-order valence-electron chi connectivity index (χ0n) is 15.6. The van der Waals surface area contributed by atoms with Crippen molar-refractivity contribution in [3.8, 4) is 0 Å². The first-order valence-corrected chi connectivity index (χ1v) is 8.94. The highest BCUT2D eigenvalue weighted by atomic mass is 19.4. The molecule has 144 valence electrons. The first-order valence-electron chi connectivity index (χ1n) is 8.94. The maximum Gasteiger partial charge on any atom is 0.420 e. The number of benzene rings is 1. The lowest BCUT2D eigenvalue weighted by molar-refractivity contribution is -0.136. The molecule has 1 heterocycles. The van der Waals surface area contributed by atoms with E-state index in [1.54, 1.807) is 13.2 Å². The molecular weight excluding hydrogens is 345 g/mol. The number of hydrogen-bond acceptors (Lipinski definition) is 4. The molecule has 0 N–H and O–H groups in total. The molecular formula is C19H25F3N2O2. The highest BCUT2D eigenvalue weighted by molar-refractivity contribution is 5.78. The van der Waals surface area contributed by atoms with Gasteiger partial charge in [-0.2, -0.15) is 13.2 Å². The molecule has 0 aliphatic heterocycles. The predicted molar refractivity (Wildman–Crippen MR) is 93.0 cm³/mol. The lowest BCUT2D eigenvalue weighted by atomic mass is 10.1. The summed E-state index contributed by atoms with van der Waals surface area (Å²) in [5.41, 5.74) is -0.0879. The molecule has 0 spiro atoms. The summed E-state index contributed by atoms with van der Waals surface area (Å²) in [4.78, 5) is 6.35. The number of hydrogen-bond donors (Lipinski definition) is 0. The number of fused-ring (bicyclic) bond motifs is 1. The lowest BCUT2D eigenvalue weighted by Gasteiger charge is -2.29. The number of likely N-dealkylation sites (N-methyl/N-ethyl adjacent to an activating group) is 1. The fourth-order valence-corrected chi connectivity index (χ4v) is 3.75. The van der Waals surface area contributed by atoms with Gasteiger partial charge < -0.3 is 9.15 Å². The molecule has 7 heteroatoms. The standard InChI is InChI=1S/C19H25F3N2O2/c1-11(2)18-23-14-9-12(8-13(17(14)26-18)19(20,21)22)10-24(3)15-6-5-7-16(15)25-4/h8-9,11,15-16H,5-7,10H2,1-4H3/t15-,16-/m0/s1. The van der Waals surface area contributed by atoms with Crippen molar-refractivity contribution in [1.82, 2.24) is 9.88 Å². The smallest absolute Gasteiger partial charge is 0.420 e. The van der Waals surface area contributed by atoms with Crippen LogP contribution in [0.1, 0.15) is 56.0 Å². The Labute approximate surface area is 151 Å². The molecule has 1 fully saturated rings. The summed E-state index contributed by atoms with van der Waals surface area (Å²) in [6.45, 7) is 4.10. The molecule has 0 unspecified atom stereocenters. The Hall–Kier alpha value is -1.60. The highest BCUT2D eigenvalue weighted by Crippen LogP contribution is 2.37. The number of rotatable bonds is 5. The summed E-state index contributed by atoms with van der Waals surface area (Å²) in [5, 5.41) is 0. The molecule has 0 bridgehead atoms. The number of alkyl halides is 3. The van der Waals surface area contributed by atoms with E-state index in [1.165, 1.54) is 6.07 Å². The molecule has 2 aromatic rings. The number of halogens is 3. The van der Waals surface area contributed by atoms with Gasteiger partial charge in [-0.3, -0.25) is 4.90 Å². The quantitative estimate of drug-likeness (QED) is 0.745. The zero-order valence-corrected chi connectivity index (χ0v) is 15.6. The molecule has 1 aromatic carbocycles. The van der Waals surface area contributed by atoms with Crippen LogP contribution in [-0.2, 0) is 17.5 Å². The van der Waals surface area contributed by atoms with Crippen LogP contribution in [0.3, 0.4) is 0 Å². The third-order valence-corrected chi connectivity index (χ3v) is 5.08. The van der Waals surface area contributed by atoms with Gasteiger partial charge in [0, 0.05) is 25.6 Å². The van der Waals surface area contributed by atoms with Crippen LogP contribution in [0.15, 0.2) is 16.5 Å². The minimum Gasteiger partial charge on any atom is -0.440 e. The van der Waals surface area contributed by atoms with Gasteiger partial charge in [0.1, 0.15) is 11.1 Å². The molecule has 0 saturated heterocycles. The van der Waals surface area contributed by atoms with Gasteiger partial charge in [0.25, 0.3) is 0 Å². The van der Waals surface area contributed by atoms with Crippen molar-refractivity contribution < 1.29 is 22.3 Å². The van der Waals surface area contributed by atoms with E-state index in [2.05, 4.69) is 9.88 Å². The van der Waals surface area contributed by atoms with E-state index in [9.17, 15) is 13.2 Å². The van der Waals surface area contributed by atoms with Gasteiger partial charge in [0.2, 0.25) is 0 Å². The second-order valence-electron chi connectivity index (χ2n) is 7.38. The topological polar surface area (TPSA) is 38.5 Å². The third-order valence-electron chi connectivity index (χ3n) is 5.08. The lowest BCUT2D eigenvalue weighted by Crippen LogP contribution is -2.38. The van der Waals surface area contributed by atoms with Crippen LogP contribution in [0.2, 0.25) is 0 Å². The Morgan fingerprint density at radius 2 is 2.04 bits per heavy atom. The molecule has 1 aliphatic rings.